The van der Waals surface area contributed by atoms with Gasteiger partial charge >= 0.3 is 0 Å². The molecule has 2 aromatic carbocycles. The lowest BCUT2D eigenvalue weighted by Crippen LogP contribution is -1.97. The number of aromatic nitrogens is 1. The molecule has 0 saturated heterocycles. The third-order valence-electron chi connectivity index (χ3n) is 3.09. The molecule has 0 bridgehead atoms. The predicted octanol–water partition coefficient (Wildman–Crippen LogP) is 4.41. The van der Waals surface area contributed by atoms with Crippen molar-refractivity contribution in [3.8, 4) is 11.5 Å². The molecular formula is C16H14ClNO2. The van der Waals surface area contributed by atoms with E-state index < -0.39 is 0 Å². The summed E-state index contributed by atoms with van der Waals surface area (Å²) in [5.41, 5.74) is 2.04. The zero-order chi connectivity index (χ0) is 13.9. The molecule has 3 aromatic rings. The first kappa shape index (κ1) is 12.9. The summed E-state index contributed by atoms with van der Waals surface area (Å²) in [5.74, 6) is 1.46. The fraction of sp³-hybridized carbons (Fsp3) is 0.125. The summed E-state index contributed by atoms with van der Waals surface area (Å²) in [6, 6.07) is 15.4. The molecular weight excluding hydrogens is 274 g/mol. The third-order valence-corrected chi connectivity index (χ3v) is 3.33. The van der Waals surface area contributed by atoms with Crippen molar-refractivity contribution >= 4 is 22.5 Å². The van der Waals surface area contributed by atoms with E-state index in [1.807, 2.05) is 48.5 Å². The van der Waals surface area contributed by atoms with Crippen LogP contribution in [0.2, 0.25) is 5.02 Å². The molecule has 0 spiro atoms. The largest absolute Gasteiger partial charge is 0.493 e. The van der Waals surface area contributed by atoms with Crippen molar-refractivity contribution in [1.29, 1.82) is 0 Å². The molecule has 1 heterocycles. The highest BCUT2D eigenvalue weighted by atomic mass is 35.5. The van der Waals surface area contributed by atoms with Crippen LogP contribution < -0.4 is 9.47 Å². The number of halogens is 1. The van der Waals surface area contributed by atoms with E-state index in [0.29, 0.717) is 6.61 Å². The van der Waals surface area contributed by atoms with Crippen LogP contribution in [0.15, 0.2) is 48.5 Å². The third kappa shape index (κ3) is 2.58. The molecule has 0 atom stereocenters. The second-order valence-electron chi connectivity index (χ2n) is 4.47. The molecule has 3 nitrogen and oxygen atoms in total. The lowest BCUT2D eigenvalue weighted by atomic mass is 10.2. The van der Waals surface area contributed by atoms with Gasteiger partial charge in [-0.1, -0.05) is 23.7 Å². The van der Waals surface area contributed by atoms with Gasteiger partial charge in [0.25, 0.3) is 0 Å². The Morgan fingerprint density at radius 1 is 1.05 bits per heavy atom. The van der Waals surface area contributed by atoms with Gasteiger partial charge in [-0.25, -0.2) is 0 Å². The summed E-state index contributed by atoms with van der Waals surface area (Å²) in [6.45, 7) is 0.451. The number of aromatic amines is 1. The van der Waals surface area contributed by atoms with Crippen molar-refractivity contribution in [2.75, 3.05) is 7.11 Å². The maximum atomic E-state index is 5.98. The Bertz CT molecular complexity index is 736. The first-order valence-corrected chi connectivity index (χ1v) is 6.67. The number of methoxy groups -OCH3 is 1. The van der Waals surface area contributed by atoms with Crippen LogP contribution in [0.3, 0.4) is 0 Å². The van der Waals surface area contributed by atoms with Gasteiger partial charge in [-0.15, -0.1) is 0 Å². The van der Waals surface area contributed by atoms with Crippen molar-refractivity contribution < 1.29 is 9.47 Å². The molecule has 0 unspecified atom stereocenters. The maximum Gasteiger partial charge on any atom is 0.161 e. The number of benzene rings is 2. The second-order valence-corrected chi connectivity index (χ2v) is 4.90. The molecule has 0 radical (unpaired) electrons. The number of ether oxygens (including phenoxy) is 2. The zero-order valence-corrected chi connectivity index (χ0v) is 11.8. The van der Waals surface area contributed by atoms with Crippen molar-refractivity contribution in [3.63, 3.8) is 0 Å². The lowest BCUT2D eigenvalue weighted by Gasteiger charge is -2.09. The van der Waals surface area contributed by atoms with Gasteiger partial charge in [0.15, 0.2) is 11.5 Å². The number of hydrogen-bond donors (Lipinski definition) is 1. The quantitative estimate of drug-likeness (QED) is 0.771. The van der Waals surface area contributed by atoms with Gasteiger partial charge < -0.3 is 14.5 Å². The number of hydrogen-bond acceptors (Lipinski definition) is 2. The highest BCUT2D eigenvalue weighted by molar-refractivity contribution is 6.31. The topological polar surface area (TPSA) is 34.2 Å². The molecule has 0 aliphatic heterocycles. The van der Waals surface area contributed by atoms with E-state index >= 15 is 0 Å². The summed E-state index contributed by atoms with van der Waals surface area (Å²) in [7, 11) is 1.63. The van der Waals surface area contributed by atoms with Crippen LogP contribution in [-0.4, -0.2) is 12.1 Å². The van der Waals surface area contributed by atoms with Crippen LogP contribution in [0.5, 0.6) is 11.5 Å². The van der Waals surface area contributed by atoms with E-state index in [1.165, 1.54) is 0 Å². The summed E-state index contributed by atoms with van der Waals surface area (Å²) in [6.07, 6.45) is 0. The van der Waals surface area contributed by atoms with Gasteiger partial charge in [0, 0.05) is 15.9 Å². The highest BCUT2D eigenvalue weighted by Gasteiger charge is 2.05. The molecule has 0 aliphatic rings. The Morgan fingerprint density at radius 2 is 1.85 bits per heavy atom. The minimum atomic E-state index is 0.451. The van der Waals surface area contributed by atoms with E-state index in [4.69, 9.17) is 21.1 Å². The Morgan fingerprint density at radius 3 is 2.65 bits per heavy atom. The second kappa shape index (κ2) is 5.47. The number of para-hydroxylation sites is 2. The first-order valence-electron chi connectivity index (χ1n) is 6.29. The van der Waals surface area contributed by atoms with Crippen molar-refractivity contribution in [3.05, 3.63) is 59.2 Å². The van der Waals surface area contributed by atoms with Crippen LogP contribution >= 0.6 is 11.6 Å². The molecule has 1 aromatic heterocycles. The molecule has 1 N–H and O–H groups in total. The summed E-state index contributed by atoms with van der Waals surface area (Å²) in [4.78, 5) is 3.31. The predicted molar refractivity (Wildman–Crippen MR) is 80.6 cm³/mol. The molecule has 0 amide bonds. The molecule has 20 heavy (non-hydrogen) atoms. The molecule has 4 heteroatoms. The SMILES string of the molecule is COc1ccccc1OCc1cc2cc(Cl)ccc2[nH]1. The smallest absolute Gasteiger partial charge is 0.161 e. The lowest BCUT2D eigenvalue weighted by molar-refractivity contribution is 0.281. The Hall–Kier alpha value is -2.13. The molecule has 0 fully saturated rings. The average molecular weight is 288 g/mol. The van der Waals surface area contributed by atoms with Crippen molar-refractivity contribution in [2.24, 2.45) is 0 Å². The Balaban J connectivity index is 1.79. The van der Waals surface area contributed by atoms with Crippen molar-refractivity contribution in [1.82, 2.24) is 4.98 Å². The minimum Gasteiger partial charge on any atom is -0.493 e. The zero-order valence-electron chi connectivity index (χ0n) is 11.0. The molecule has 0 saturated carbocycles. The monoisotopic (exact) mass is 287 g/mol. The minimum absolute atomic E-state index is 0.451. The van der Waals surface area contributed by atoms with E-state index in [0.717, 1.165) is 33.1 Å². The maximum absolute atomic E-state index is 5.98. The van der Waals surface area contributed by atoms with Crippen LogP contribution in [0.4, 0.5) is 0 Å². The Kier molecular flexibility index (Phi) is 3.52. The van der Waals surface area contributed by atoms with Gasteiger partial charge in [-0.3, -0.25) is 0 Å². The molecule has 102 valence electrons. The number of fused-ring (bicyclic) bond motifs is 1. The number of rotatable bonds is 4. The Labute approximate surface area is 122 Å². The summed E-state index contributed by atoms with van der Waals surface area (Å²) in [5, 5.41) is 1.81. The standard InChI is InChI=1S/C16H14ClNO2/c1-19-15-4-2-3-5-16(15)20-10-13-9-11-8-12(17)6-7-14(11)18-13/h2-9,18H,10H2,1H3. The molecule has 0 aliphatic carbocycles. The number of nitrogens with one attached hydrogen (secondary N) is 1. The van der Waals surface area contributed by atoms with Crippen LogP contribution in [0, 0.1) is 0 Å². The summed E-state index contributed by atoms with van der Waals surface area (Å²) < 4.78 is 11.0. The van der Waals surface area contributed by atoms with E-state index in [9.17, 15) is 0 Å². The van der Waals surface area contributed by atoms with Gasteiger partial charge in [0.1, 0.15) is 6.61 Å². The van der Waals surface area contributed by atoms with Gasteiger partial charge in [0.2, 0.25) is 0 Å². The van der Waals surface area contributed by atoms with E-state index in [1.54, 1.807) is 7.11 Å². The van der Waals surface area contributed by atoms with Gasteiger partial charge in [0.05, 0.1) is 12.8 Å². The van der Waals surface area contributed by atoms with Gasteiger partial charge in [-0.05, 0) is 36.4 Å². The van der Waals surface area contributed by atoms with E-state index in [-0.39, 0.29) is 0 Å². The van der Waals surface area contributed by atoms with Crippen LogP contribution in [0.1, 0.15) is 5.69 Å². The molecule has 3 rings (SSSR count). The van der Waals surface area contributed by atoms with Crippen molar-refractivity contribution in [2.45, 2.75) is 6.61 Å². The van der Waals surface area contributed by atoms with Gasteiger partial charge in [-0.2, -0.15) is 0 Å². The fourth-order valence-electron chi connectivity index (χ4n) is 2.13. The number of H-pyrrole nitrogens is 1. The first-order chi connectivity index (χ1) is 9.76. The van der Waals surface area contributed by atoms with E-state index in [2.05, 4.69) is 4.98 Å². The fourth-order valence-corrected chi connectivity index (χ4v) is 2.32. The summed E-state index contributed by atoms with van der Waals surface area (Å²) >= 11 is 5.98. The average Bonchev–Trinajstić information content (AvgIpc) is 2.87. The normalized spacial score (nSPS) is 10.7. The highest BCUT2D eigenvalue weighted by Crippen LogP contribution is 2.27. The van der Waals surface area contributed by atoms with Crippen LogP contribution in [-0.2, 0) is 6.61 Å². The van der Waals surface area contributed by atoms with Crippen LogP contribution in [0.25, 0.3) is 10.9 Å².